The SMILES string of the molecule is CC(NC(=O)Cc1ccc(C(F)(F)F)cc1)c1cccc(NC(=O)c2ccccc2)c1. The van der Waals surface area contributed by atoms with E-state index in [0.717, 1.165) is 17.7 Å². The molecule has 1 atom stereocenters. The molecule has 3 rings (SSSR count). The number of carbonyl (C=O) groups is 2. The van der Waals surface area contributed by atoms with E-state index in [1.54, 1.807) is 49.4 Å². The van der Waals surface area contributed by atoms with Crippen molar-refractivity contribution in [3.05, 3.63) is 101 Å². The number of alkyl halides is 3. The van der Waals surface area contributed by atoms with Crippen molar-refractivity contribution in [1.82, 2.24) is 5.32 Å². The topological polar surface area (TPSA) is 58.2 Å². The smallest absolute Gasteiger partial charge is 0.349 e. The van der Waals surface area contributed by atoms with Gasteiger partial charge >= 0.3 is 6.18 Å². The third kappa shape index (κ3) is 6.18. The number of halogens is 3. The first-order valence-corrected chi connectivity index (χ1v) is 9.64. The minimum atomic E-state index is -4.41. The molecule has 160 valence electrons. The van der Waals surface area contributed by atoms with Crippen LogP contribution in [0.15, 0.2) is 78.9 Å². The third-order valence-electron chi connectivity index (χ3n) is 4.70. The van der Waals surface area contributed by atoms with Crippen LogP contribution in [0, 0.1) is 0 Å². The Kier molecular flexibility index (Phi) is 6.74. The molecule has 0 fully saturated rings. The van der Waals surface area contributed by atoms with Gasteiger partial charge in [-0.2, -0.15) is 13.2 Å². The van der Waals surface area contributed by atoms with Crippen molar-refractivity contribution in [2.45, 2.75) is 25.6 Å². The van der Waals surface area contributed by atoms with Crippen molar-refractivity contribution in [2.75, 3.05) is 5.32 Å². The van der Waals surface area contributed by atoms with Gasteiger partial charge in [-0.15, -0.1) is 0 Å². The van der Waals surface area contributed by atoms with Crippen LogP contribution in [0.4, 0.5) is 18.9 Å². The van der Waals surface area contributed by atoms with E-state index in [9.17, 15) is 22.8 Å². The lowest BCUT2D eigenvalue weighted by molar-refractivity contribution is -0.137. The molecule has 0 saturated heterocycles. The molecule has 0 aliphatic heterocycles. The molecule has 7 heteroatoms. The zero-order valence-electron chi connectivity index (χ0n) is 16.7. The summed E-state index contributed by atoms with van der Waals surface area (Å²) in [6.07, 6.45) is -4.44. The molecule has 0 aromatic heterocycles. The molecule has 3 aromatic rings. The van der Waals surface area contributed by atoms with Crippen LogP contribution < -0.4 is 10.6 Å². The van der Waals surface area contributed by atoms with Gasteiger partial charge in [-0.1, -0.05) is 42.5 Å². The Morgan fingerprint density at radius 1 is 0.903 bits per heavy atom. The van der Waals surface area contributed by atoms with Crippen LogP contribution in [-0.2, 0) is 17.4 Å². The molecule has 3 aromatic carbocycles. The minimum absolute atomic E-state index is 0.0348. The van der Waals surface area contributed by atoms with Crippen LogP contribution >= 0.6 is 0 Å². The second-order valence-electron chi connectivity index (χ2n) is 7.11. The number of anilines is 1. The molecule has 2 amide bonds. The first kappa shape index (κ1) is 22.1. The van der Waals surface area contributed by atoms with Gasteiger partial charge in [0.1, 0.15) is 0 Å². The number of amides is 2. The number of nitrogens with one attached hydrogen (secondary N) is 2. The van der Waals surface area contributed by atoms with E-state index in [2.05, 4.69) is 10.6 Å². The Morgan fingerprint density at radius 3 is 2.23 bits per heavy atom. The highest BCUT2D eigenvalue weighted by molar-refractivity contribution is 6.04. The number of hydrogen-bond acceptors (Lipinski definition) is 2. The molecule has 0 heterocycles. The maximum absolute atomic E-state index is 12.6. The van der Waals surface area contributed by atoms with Crippen molar-refractivity contribution in [1.29, 1.82) is 0 Å². The Balaban J connectivity index is 1.60. The summed E-state index contributed by atoms with van der Waals surface area (Å²) in [5, 5.41) is 5.65. The Hall–Kier alpha value is -3.61. The fourth-order valence-electron chi connectivity index (χ4n) is 3.05. The van der Waals surface area contributed by atoms with Gasteiger partial charge in [-0.05, 0) is 54.4 Å². The summed E-state index contributed by atoms with van der Waals surface area (Å²) in [5.41, 5.74) is 1.65. The molecule has 0 bridgehead atoms. The van der Waals surface area contributed by atoms with Gasteiger partial charge in [-0.3, -0.25) is 9.59 Å². The standard InChI is InChI=1S/C24H21F3N2O2/c1-16(28-22(30)14-17-10-12-20(13-11-17)24(25,26)27)19-8-5-9-21(15-19)29-23(31)18-6-3-2-4-7-18/h2-13,15-16H,14H2,1H3,(H,28,30)(H,29,31). The van der Waals surface area contributed by atoms with E-state index in [4.69, 9.17) is 0 Å². The zero-order valence-corrected chi connectivity index (χ0v) is 16.7. The molecule has 0 radical (unpaired) electrons. The summed E-state index contributed by atoms with van der Waals surface area (Å²) in [5.74, 6) is -0.553. The fraction of sp³-hybridized carbons (Fsp3) is 0.167. The second-order valence-corrected chi connectivity index (χ2v) is 7.11. The first-order valence-electron chi connectivity index (χ1n) is 9.64. The van der Waals surface area contributed by atoms with Crippen LogP contribution in [0.2, 0.25) is 0 Å². The normalized spacial score (nSPS) is 12.1. The van der Waals surface area contributed by atoms with E-state index in [0.29, 0.717) is 16.8 Å². The summed E-state index contributed by atoms with van der Waals surface area (Å²) >= 11 is 0. The average Bonchev–Trinajstić information content (AvgIpc) is 2.74. The predicted molar refractivity (Wildman–Crippen MR) is 113 cm³/mol. The van der Waals surface area contributed by atoms with Crippen LogP contribution in [0.1, 0.15) is 40.0 Å². The highest BCUT2D eigenvalue weighted by atomic mass is 19.4. The fourth-order valence-corrected chi connectivity index (χ4v) is 3.05. The van der Waals surface area contributed by atoms with E-state index in [1.807, 2.05) is 12.1 Å². The highest BCUT2D eigenvalue weighted by Crippen LogP contribution is 2.29. The van der Waals surface area contributed by atoms with Crippen molar-refractivity contribution in [2.24, 2.45) is 0 Å². The maximum atomic E-state index is 12.6. The van der Waals surface area contributed by atoms with E-state index in [-0.39, 0.29) is 24.3 Å². The van der Waals surface area contributed by atoms with Gasteiger partial charge in [-0.25, -0.2) is 0 Å². The molecular formula is C24H21F3N2O2. The number of hydrogen-bond donors (Lipinski definition) is 2. The number of rotatable bonds is 6. The lowest BCUT2D eigenvalue weighted by Gasteiger charge is -2.16. The molecule has 31 heavy (non-hydrogen) atoms. The van der Waals surface area contributed by atoms with Gasteiger partial charge in [0.05, 0.1) is 18.0 Å². The highest BCUT2D eigenvalue weighted by Gasteiger charge is 2.30. The molecule has 0 spiro atoms. The summed E-state index contributed by atoms with van der Waals surface area (Å²) in [6, 6.07) is 20.1. The third-order valence-corrected chi connectivity index (χ3v) is 4.70. The Morgan fingerprint density at radius 2 is 1.58 bits per heavy atom. The van der Waals surface area contributed by atoms with Crippen molar-refractivity contribution in [3.63, 3.8) is 0 Å². The maximum Gasteiger partial charge on any atom is 0.416 e. The molecule has 1 unspecified atom stereocenters. The zero-order chi connectivity index (χ0) is 22.4. The molecule has 0 saturated carbocycles. The average molecular weight is 426 g/mol. The van der Waals surface area contributed by atoms with Crippen molar-refractivity contribution < 1.29 is 22.8 Å². The lowest BCUT2D eigenvalue weighted by Crippen LogP contribution is -2.28. The Labute approximate surface area is 178 Å². The molecule has 2 N–H and O–H groups in total. The van der Waals surface area contributed by atoms with Gasteiger partial charge in [0.2, 0.25) is 5.91 Å². The summed E-state index contributed by atoms with van der Waals surface area (Å²) < 4.78 is 37.9. The quantitative estimate of drug-likeness (QED) is 0.556. The monoisotopic (exact) mass is 426 g/mol. The first-order chi connectivity index (χ1) is 14.7. The van der Waals surface area contributed by atoms with Crippen LogP contribution in [0.3, 0.4) is 0 Å². The van der Waals surface area contributed by atoms with Crippen LogP contribution in [0.5, 0.6) is 0 Å². The predicted octanol–water partition coefficient (Wildman–Crippen LogP) is 5.38. The second kappa shape index (κ2) is 9.47. The van der Waals surface area contributed by atoms with Gasteiger partial charge in [0.15, 0.2) is 0 Å². The summed E-state index contributed by atoms with van der Waals surface area (Å²) in [7, 11) is 0. The van der Waals surface area contributed by atoms with Gasteiger partial charge in [0, 0.05) is 11.3 Å². The lowest BCUT2D eigenvalue weighted by atomic mass is 10.1. The van der Waals surface area contributed by atoms with E-state index >= 15 is 0 Å². The number of benzene rings is 3. The molecule has 0 aliphatic carbocycles. The molecular weight excluding hydrogens is 405 g/mol. The van der Waals surface area contributed by atoms with Gasteiger partial charge < -0.3 is 10.6 Å². The van der Waals surface area contributed by atoms with Crippen molar-refractivity contribution in [3.8, 4) is 0 Å². The minimum Gasteiger partial charge on any atom is -0.349 e. The summed E-state index contributed by atoms with van der Waals surface area (Å²) in [4.78, 5) is 24.6. The Bertz CT molecular complexity index is 1050. The van der Waals surface area contributed by atoms with Crippen LogP contribution in [0.25, 0.3) is 0 Å². The molecule has 4 nitrogen and oxygen atoms in total. The van der Waals surface area contributed by atoms with Crippen LogP contribution in [-0.4, -0.2) is 11.8 Å². The van der Waals surface area contributed by atoms with E-state index in [1.165, 1.54) is 12.1 Å². The summed E-state index contributed by atoms with van der Waals surface area (Å²) in [6.45, 7) is 1.79. The largest absolute Gasteiger partial charge is 0.416 e. The van der Waals surface area contributed by atoms with E-state index < -0.39 is 11.7 Å². The number of carbonyl (C=O) groups excluding carboxylic acids is 2. The molecule has 0 aliphatic rings. The van der Waals surface area contributed by atoms with Gasteiger partial charge in [0.25, 0.3) is 5.91 Å². The van der Waals surface area contributed by atoms with Crippen molar-refractivity contribution >= 4 is 17.5 Å².